The molecule has 1 saturated heterocycles. The van der Waals surface area contributed by atoms with Gasteiger partial charge >= 0.3 is 0 Å². The molecule has 2 aromatic carbocycles. The number of nitrogens with one attached hydrogen (secondary N) is 2. The van der Waals surface area contributed by atoms with Crippen molar-refractivity contribution in [1.82, 2.24) is 9.80 Å². The summed E-state index contributed by atoms with van der Waals surface area (Å²) in [5.74, 6) is 0.00462. The van der Waals surface area contributed by atoms with E-state index in [4.69, 9.17) is 0 Å². The lowest BCUT2D eigenvalue weighted by Gasteiger charge is -2.33. The highest BCUT2D eigenvalue weighted by molar-refractivity contribution is 7.98. The predicted molar refractivity (Wildman–Crippen MR) is 124 cm³/mol. The number of benzene rings is 2. The normalized spacial score (nSPS) is 15.0. The quantitative estimate of drug-likeness (QED) is 0.666. The van der Waals surface area contributed by atoms with Crippen molar-refractivity contribution in [2.24, 2.45) is 0 Å². The number of hydrogen-bond acceptors (Lipinski definition) is 5. The Morgan fingerprint density at radius 3 is 1.93 bits per heavy atom. The first-order valence-corrected chi connectivity index (χ1v) is 11.4. The second-order valence-electron chi connectivity index (χ2n) is 7.62. The first kappa shape index (κ1) is 22.3. The Morgan fingerprint density at radius 1 is 0.833 bits per heavy atom. The number of hydrogen-bond donors (Lipinski definition) is 2. The molecule has 160 valence electrons. The van der Waals surface area contributed by atoms with Gasteiger partial charge in [0.15, 0.2) is 0 Å². The molecule has 1 aliphatic rings. The minimum Gasteiger partial charge on any atom is -0.324 e. The van der Waals surface area contributed by atoms with Crippen molar-refractivity contribution in [2.75, 3.05) is 56.2 Å². The van der Waals surface area contributed by atoms with Crippen LogP contribution in [0.3, 0.4) is 0 Å². The number of nitrogens with zero attached hydrogens (tertiary/aromatic N) is 2. The van der Waals surface area contributed by atoms with E-state index in [1.54, 1.807) is 11.8 Å². The molecule has 0 spiro atoms. The number of rotatable bonds is 7. The van der Waals surface area contributed by atoms with Crippen LogP contribution in [-0.2, 0) is 9.59 Å². The van der Waals surface area contributed by atoms with Crippen molar-refractivity contribution in [3.8, 4) is 0 Å². The molecule has 1 fully saturated rings. The van der Waals surface area contributed by atoms with Crippen LogP contribution in [-0.4, -0.2) is 67.1 Å². The predicted octanol–water partition coefficient (Wildman–Crippen LogP) is 3.22. The van der Waals surface area contributed by atoms with Crippen molar-refractivity contribution in [2.45, 2.75) is 18.7 Å². The molecule has 0 unspecified atom stereocenters. The number of thioether (sulfide) groups is 1. The first-order valence-electron chi connectivity index (χ1n) is 10.2. The van der Waals surface area contributed by atoms with Gasteiger partial charge in [-0.2, -0.15) is 0 Å². The summed E-state index contributed by atoms with van der Waals surface area (Å²) < 4.78 is 0. The summed E-state index contributed by atoms with van der Waals surface area (Å²) in [5, 5.41) is 6.06. The Hall–Kier alpha value is -2.35. The third-order valence-corrected chi connectivity index (χ3v) is 6.12. The number of para-hydroxylation sites is 2. The largest absolute Gasteiger partial charge is 0.324 e. The molecular formula is C23H30N4O2S. The summed E-state index contributed by atoms with van der Waals surface area (Å²) in [4.78, 5) is 30.2. The van der Waals surface area contributed by atoms with E-state index in [0.717, 1.165) is 53.6 Å². The third kappa shape index (κ3) is 6.08. The van der Waals surface area contributed by atoms with Gasteiger partial charge in [0.2, 0.25) is 11.8 Å². The molecule has 1 aliphatic heterocycles. The molecule has 2 amide bonds. The van der Waals surface area contributed by atoms with E-state index in [1.165, 1.54) is 0 Å². The smallest absolute Gasteiger partial charge is 0.238 e. The molecule has 30 heavy (non-hydrogen) atoms. The van der Waals surface area contributed by atoms with Gasteiger partial charge in [-0.1, -0.05) is 30.3 Å². The first-order chi connectivity index (χ1) is 14.5. The maximum Gasteiger partial charge on any atom is 0.238 e. The van der Waals surface area contributed by atoms with Crippen LogP contribution in [0.15, 0.2) is 47.4 Å². The van der Waals surface area contributed by atoms with E-state index in [-0.39, 0.29) is 11.8 Å². The third-order valence-electron chi connectivity index (χ3n) is 5.33. The highest BCUT2D eigenvalue weighted by Gasteiger charge is 2.21. The summed E-state index contributed by atoms with van der Waals surface area (Å²) >= 11 is 1.62. The number of carbonyl (C=O) groups is 2. The zero-order chi connectivity index (χ0) is 21.5. The van der Waals surface area contributed by atoms with Gasteiger partial charge in [-0.25, -0.2) is 0 Å². The number of piperazine rings is 1. The molecule has 0 radical (unpaired) electrons. The van der Waals surface area contributed by atoms with Crippen molar-refractivity contribution in [3.05, 3.63) is 53.6 Å². The second-order valence-corrected chi connectivity index (χ2v) is 8.46. The Balaban J connectivity index is 1.43. The standard InChI is InChI=1S/C23H30N4O2S/c1-17-7-6-8-18(2)23(17)25-22(29)16-27-13-11-26(12-14-27)15-21(28)24-19-9-4-5-10-20(19)30-3/h4-10H,11-16H2,1-3H3,(H,24,28)(H,25,29). The fraction of sp³-hybridized carbons (Fsp3) is 0.391. The lowest BCUT2D eigenvalue weighted by Crippen LogP contribution is -2.50. The van der Waals surface area contributed by atoms with Crippen LogP contribution >= 0.6 is 11.8 Å². The van der Waals surface area contributed by atoms with Crippen LogP contribution in [0, 0.1) is 13.8 Å². The van der Waals surface area contributed by atoms with Gasteiger partial charge in [0.1, 0.15) is 0 Å². The maximum absolute atomic E-state index is 12.5. The van der Waals surface area contributed by atoms with E-state index in [9.17, 15) is 9.59 Å². The van der Waals surface area contributed by atoms with Crippen molar-refractivity contribution in [1.29, 1.82) is 0 Å². The van der Waals surface area contributed by atoms with E-state index >= 15 is 0 Å². The molecule has 3 rings (SSSR count). The molecule has 0 bridgehead atoms. The lowest BCUT2D eigenvalue weighted by atomic mass is 10.1. The molecule has 0 atom stereocenters. The molecule has 2 N–H and O–H groups in total. The van der Waals surface area contributed by atoms with E-state index < -0.39 is 0 Å². The lowest BCUT2D eigenvalue weighted by molar-refractivity contribution is -0.120. The van der Waals surface area contributed by atoms with Gasteiger partial charge in [0, 0.05) is 36.8 Å². The van der Waals surface area contributed by atoms with Crippen molar-refractivity contribution >= 4 is 35.0 Å². The minimum absolute atomic E-state index is 0.00211. The topological polar surface area (TPSA) is 64.7 Å². The molecule has 0 aromatic heterocycles. The van der Waals surface area contributed by atoms with Gasteiger partial charge in [0.05, 0.1) is 18.8 Å². The molecule has 0 saturated carbocycles. The van der Waals surface area contributed by atoms with E-state index in [2.05, 4.69) is 20.4 Å². The van der Waals surface area contributed by atoms with Crippen LogP contribution in [0.5, 0.6) is 0 Å². The molecular weight excluding hydrogens is 396 g/mol. The molecule has 1 heterocycles. The summed E-state index contributed by atoms with van der Waals surface area (Å²) in [6, 6.07) is 13.8. The maximum atomic E-state index is 12.5. The molecule has 2 aromatic rings. The van der Waals surface area contributed by atoms with Crippen LogP contribution in [0.2, 0.25) is 0 Å². The highest BCUT2D eigenvalue weighted by atomic mass is 32.2. The monoisotopic (exact) mass is 426 g/mol. The summed E-state index contributed by atoms with van der Waals surface area (Å²) in [6.45, 7) is 7.83. The van der Waals surface area contributed by atoms with Gasteiger partial charge in [-0.15, -0.1) is 11.8 Å². The van der Waals surface area contributed by atoms with Gasteiger partial charge in [0.25, 0.3) is 0 Å². The van der Waals surface area contributed by atoms with Crippen molar-refractivity contribution < 1.29 is 9.59 Å². The molecule has 0 aliphatic carbocycles. The second kappa shape index (κ2) is 10.6. The zero-order valence-corrected chi connectivity index (χ0v) is 18.7. The number of aryl methyl sites for hydroxylation is 2. The zero-order valence-electron chi connectivity index (χ0n) is 17.9. The number of amides is 2. The SMILES string of the molecule is CSc1ccccc1NC(=O)CN1CCN(CC(=O)Nc2c(C)cccc2C)CC1. The van der Waals surface area contributed by atoms with Crippen LogP contribution in [0.4, 0.5) is 11.4 Å². The van der Waals surface area contributed by atoms with E-state index in [1.807, 2.05) is 62.6 Å². The minimum atomic E-state index is -0.00211. The highest BCUT2D eigenvalue weighted by Crippen LogP contribution is 2.24. The van der Waals surface area contributed by atoms with Gasteiger partial charge < -0.3 is 10.6 Å². The Morgan fingerprint density at radius 2 is 1.37 bits per heavy atom. The number of anilines is 2. The van der Waals surface area contributed by atoms with Crippen LogP contribution in [0.25, 0.3) is 0 Å². The summed E-state index contributed by atoms with van der Waals surface area (Å²) in [6.07, 6.45) is 2.00. The Bertz CT molecular complexity index is 874. The fourth-order valence-electron chi connectivity index (χ4n) is 3.64. The van der Waals surface area contributed by atoms with Crippen LogP contribution in [0.1, 0.15) is 11.1 Å². The number of carbonyl (C=O) groups excluding carboxylic acids is 2. The average molecular weight is 427 g/mol. The van der Waals surface area contributed by atoms with Crippen LogP contribution < -0.4 is 10.6 Å². The average Bonchev–Trinajstić information content (AvgIpc) is 2.72. The molecule has 7 heteroatoms. The fourth-order valence-corrected chi connectivity index (χ4v) is 4.19. The van der Waals surface area contributed by atoms with Gasteiger partial charge in [-0.05, 0) is 43.4 Å². The van der Waals surface area contributed by atoms with Crippen molar-refractivity contribution in [3.63, 3.8) is 0 Å². The Kier molecular flexibility index (Phi) is 7.90. The summed E-state index contributed by atoms with van der Waals surface area (Å²) in [7, 11) is 0. The van der Waals surface area contributed by atoms with Gasteiger partial charge in [-0.3, -0.25) is 19.4 Å². The molecule has 6 nitrogen and oxygen atoms in total. The Labute approximate surface area is 183 Å². The summed E-state index contributed by atoms with van der Waals surface area (Å²) in [5.41, 5.74) is 3.91. The van der Waals surface area contributed by atoms with E-state index in [0.29, 0.717) is 13.1 Å².